The molecule has 144 valence electrons. The van der Waals surface area contributed by atoms with Crippen molar-refractivity contribution >= 4 is 27.8 Å². The number of nitrogens with zero attached hydrogens (tertiary/aromatic N) is 3. The molecule has 0 radical (unpaired) electrons. The summed E-state index contributed by atoms with van der Waals surface area (Å²) in [7, 11) is 0.315. The molecule has 1 saturated heterocycles. The van der Waals surface area contributed by atoms with E-state index in [0.717, 1.165) is 12.2 Å². The molecule has 0 aliphatic carbocycles. The number of ether oxygens (including phenoxy) is 2. The molecule has 4 rings (SSSR count). The van der Waals surface area contributed by atoms with Crippen LogP contribution in [0.15, 0.2) is 35.1 Å². The van der Waals surface area contributed by atoms with Crippen LogP contribution in [-0.4, -0.2) is 45.2 Å². The Hall–Kier alpha value is -2.39. The summed E-state index contributed by atoms with van der Waals surface area (Å²) < 4.78 is 33.8. The summed E-state index contributed by atoms with van der Waals surface area (Å²) in [5.41, 5.74) is 1.55. The summed E-state index contributed by atoms with van der Waals surface area (Å²) in [4.78, 5) is 0. The van der Waals surface area contributed by atoms with Crippen molar-refractivity contribution in [2.45, 2.75) is 13.5 Å². The molecule has 1 fully saturated rings. The van der Waals surface area contributed by atoms with Crippen molar-refractivity contribution in [1.29, 1.82) is 0 Å². The molecule has 8 nitrogen and oxygen atoms in total. The second-order valence-electron chi connectivity index (χ2n) is 6.80. The van der Waals surface area contributed by atoms with E-state index in [1.54, 1.807) is 13.3 Å². The minimum absolute atomic E-state index is 0.277. The number of anilines is 1. The minimum Gasteiger partial charge on any atom is -0.496 e. The van der Waals surface area contributed by atoms with E-state index >= 15 is 0 Å². The maximum atomic E-state index is 12.5. The third-order valence-corrected chi connectivity index (χ3v) is 5.97. The van der Waals surface area contributed by atoms with Gasteiger partial charge in [0.25, 0.3) is 0 Å². The van der Waals surface area contributed by atoms with Gasteiger partial charge in [0.1, 0.15) is 22.1 Å². The molecule has 0 spiro atoms. The third kappa shape index (κ3) is 3.84. The van der Waals surface area contributed by atoms with Crippen molar-refractivity contribution in [3.05, 3.63) is 36.2 Å². The zero-order valence-corrected chi connectivity index (χ0v) is 16.1. The van der Waals surface area contributed by atoms with E-state index in [2.05, 4.69) is 21.9 Å². The Kier molecular flexibility index (Phi) is 5.13. The molecule has 2 aromatic heterocycles. The maximum Gasteiger partial charge on any atom is 0.192 e. The first-order valence-electron chi connectivity index (χ1n) is 8.80. The maximum absolute atomic E-state index is 12.5. The first kappa shape index (κ1) is 18.0. The van der Waals surface area contributed by atoms with Gasteiger partial charge in [-0.25, -0.2) is 4.21 Å². The van der Waals surface area contributed by atoms with E-state index in [1.807, 2.05) is 29.1 Å². The van der Waals surface area contributed by atoms with E-state index < -0.39 is 11.0 Å². The SMILES string of the molecule is COc1cc(Cn2cccn2)cc2onc(NS(=O)CC3COCC3C)c12. The lowest BCUT2D eigenvalue weighted by molar-refractivity contribution is 0.183. The molecular weight excluding hydrogens is 368 g/mol. The Morgan fingerprint density at radius 1 is 1.41 bits per heavy atom. The standard InChI is InChI=1S/C18H22N4O4S/c1-12-9-25-10-14(12)11-27(23)21-18-17-15(24-2)6-13(7-16(17)26-20-18)8-22-5-3-4-19-22/h3-7,12,14H,8-11H2,1-2H3,(H,20,21). The summed E-state index contributed by atoms with van der Waals surface area (Å²) in [6.07, 6.45) is 3.62. The van der Waals surface area contributed by atoms with Crippen molar-refractivity contribution in [2.75, 3.05) is 30.8 Å². The van der Waals surface area contributed by atoms with Crippen LogP contribution in [0.25, 0.3) is 11.0 Å². The van der Waals surface area contributed by atoms with E-state index in [9.17, 15) is 4.21 Å². The summed E-state index contributed by atoms with van der Waals surface area (Å²) in [6.45, 7) is 4.08. The van der Waals surface area contributed by atoms with Crippen LogP contribution in [0.4, 0.5) is 5.82 Å². The quantitative estimate of drug-likeness (QED) is 0.666. The van der Waals surface area contributed by atoms with Crippen LogP contribution in [0.1, 0.15) is 12.5 Å². The topological polar surface area (TPSA) is 91.4 Å². The van der Waals surface area contributed by atoms with Crippen molar-refractivity contribution in [3.63, 3.8) is 0 Å². The van der Waals surface area contributed by atoms with Crippen LogP contribution in [0.3, 0.4) is 0 Å². The fraction of sp³-hybridized carbons (Fsp3) is 0.444. The molecule has 3 heterocycles. The number of hydrogen-bond acceptors (Lipinski definition) is 6. The normalized spacial score (nSPS) is 20.8. The molecule has 3 atom stereocenters. The molecule has 3 aromatic rings. The molecule has 1 aliphatic rings. The third-order valence-electron chi connectivity index (χ3n) is 4.81. The van der Waals surface area contributed by atoms with E-state index in [4.69, 9.17) is 14.0 Å². The minimum atomic E-state index is -1.28. The Labute approximate surface area is 159 Å². The Morgan fingerprint density at radius 2 is 2.30 bits per heavy atom. The molecule has 9 heteroatoms. The van der Waals surface area contributed by atoms with Crippen LogP contribution in [0, 0.1) is 11.8 Å². The summed E-state index contributed by atoms with van der Waals surface area (Å²) in [5.74, 6) is 2.24. The second kappa shape index (κ2) is 7.69. The van der Waals surface area contributed by atoms with E-state index in [-0.39, 0.29) is 5.92 Å². The second-order valence-corrected chi connectivity index (χ2v) is 8.02. The fourth-order valence-corrected chi connectivity index (χ4v) is 4.51. The molecule has 0 bridgehead atoms. The van der Waals surface area contributed by atoms with Crippen LogP contribution < -0.4 is 9.46 Å². The highest BCUT2D eigenvalue weighted by atomic mass is 32.2. The number of benzene rings is 1. The molecular formula is C18H22N4O4S. The predicted octanol–water partition coefficient (Wildman–Crippen LogP) is 2.44. The van der Waals surface area contributed by atoms with Crippen LogP contribution in [0.2, 0.25) is 0 Å². The van der Waals surface area contributed by atoms with Crippen molar-refractivity contribution in [1.82, 2.24) is 14.9 Å². The highest BCUT2D eigenvalue weighted by Crippen LogP contribution is 2.34. The van der Waals surface area contributed by atoms with Gasteiger partial charge in [-0.05, 0) is 29.7 Å². The number of nitrogens with one attached hydrogen (secondary N) is 1. The van der Waals surface area contributed by atoms with Crippen LogP contribution >= 0.6 is 0 Å². The summed E-state index contributed by atoms with van der Waals surface area (Å²) in [5, 5.41) is 8.96. The first-order chi connectivity index (χ1) is 13.1. The zero-order chi connectivity index (χ0) is 18.8. The summed E-state index contributed by atoms with van der Waals surface area (Å²) >= 11 is 0. The highest BCUT2D eigenvalue weighted by molar-refractivity contribution is 7.86. The van der Waals surface area contributed by atoms with E-state index in [1.165, 1.54) is 0 Å². The average molecular weight is 390 g/mol. The molecule has 0 amide bonds. The Balaban J connectivity index is 1.55. The number of aromatic nitrogens is 3. The molecule has 1 aromatic carbocycles. The van der Waals surface area contributed by atoms with Gasteiger partial charge in [0, 0.05) is 30.7 Å². The summed E-state index contributed by atoms with van der Waals surface area (Å²) in [6, 6.07) is 5.69. The first-order valence-corrected chi connectivity index (χ1v) is 10.1. The zero-order valence-electron chi connectivity index (χ0n) is 15.3. The largest absolute Gasteiger partial charge is 0.496 e. The van der Waals surface area contributed by atoms with Gasteiger partial charge in [0.15, 0.2) is 11.4 Å². The van der Waals surface area contributed by atoms with Crippen molar-refractivity contribution in [2.24, 2.45) is 11.8 Å². The average Bonchev–Trinajstić information content (AvgIpc) is 3.38. The Bertz CT molecular complexity index is 940. The predicted molar refractivity (Wildman–Crippen MR) is 102 cm³/mol. The smallest absolute Gasteiger partial charge is 0.192 e. The molecule has 0 saturated carbocycles. The van der Waals surface area contributed by atoms with Crippen LogP contribution in [0.5, 0.6) is 5.75 Å². The van der Waals surface area contributed by atoms with Gasteiger partial charge in [0.2, 0.25) is 0 Å². The molecule has 3 unspecified atom stereocenters. The van der Waals surface area contributed by atoms with Crippen molar-refractivity contribution < 1.29 is 18.2 Å². The number of hydrogen-bond donors (Lipinski definition) is 1. The van der Waals surface area contributed by atoms with Gasteiger partial charge in [0.05, 0.1) is 20.3 Å². The highest BCUT2D eigenvalue weighted by Gasteiger charge is 2.27. The lowest BCUT2D eigenvalue weighted by Gasteiger charge is -2.12. The lowest BCUT2D eigenvalue weighted by atomic mass is 10.0. The van der Waals surface area contributed by atoms with Crippen molar-refractivity contribution in [3.8, 4) is 5.75 Å². The van der Waals surface area contributed by atoms with Gasteiger partial charge < -0.3 is 14.0 Å². The molecule has 1 N–H and O–H groups in total. The van der Waals surface area contributed by atoms with Gasteiger partial charge in [-0.1, -0.05) is 12.1 Å². The number of methoxy groups -OCH3 is 1. The molecule has 27 heavy (non-hydrogen) atoms. The number of rotatable bonds is 7. The van der Waals surface area contributed by atoms with Gasteiger partial charge in [-0.2, -0.15) is 5.10 Å². The van der Waals surface area contributed by atoms with Gasteiger partial charge >= 0.3 is 0 Å². The van der Waals surface area contributed by atoms with Crippen LogP contribution in [-0.2, 0) is 22.3 Å². The van der Waals surface area contributed by atoms with E-state index in [0.29, 0.717) is 47.4 Å². The lowest BCUT2D eigenvalue weighted by Crippen LogP contribution is -2.21. The number of fused-ring (bicyclic) bond motifs is 1. The van der Waals surface area contributed by atoms with Gasteiger partial charge in [-0.3, -0.25) is 9.40 Å². The monoisotopic (exact) mass is 390 g/mol. The molecule has 1 aliphatic heterocycles. The van der Waals surface area contributed by atoms with Gasteiger partial charge in [-0.15, -0.1) is 0 Å². The fourth-order valence-electron chi connectivity index (χ4n) is 3.25. The Morgan fingerprint density at radius 3 is 3.00 bits per heavy atom.